The van der Waals surface area contributed by atoms with E-state index in [4.69, 9.17) is 41.0 Å². The highest BCUT2D eigenvalue weighted by Crippen LogP contribution is 2.49. The number of methoxy groups -OCH3 is 2. The van der Waals surface area contributed by atoms with Crippen molar-refractivity contribution in [2.24, 2.45) is 11.7 Å². The SMILES string of the molecule is COc1cc2cc(c1Cl)N(C)C(=O)CC(OC(=O)CCCCCN)C1(C)OC1C(C)C1CC(O)(NC(=O)O1)C(OC)C=CC=C(C)C2. The fraction of sp³-hybridized carbons (Fsp3) is 0.618. The number of benzene rings is 1. The van der Waals surface area contributed by atoms with Gasteiger partial charge in [0.05, 0.1) is 25.3 Å². The zero-order valence-electron chi connectivity index (χ0n) is 28.0. The third-order valence-corrected chi connectivity index (χ3v) is 9.69. The molecule has 2 amide bonds. The number of halogens is 1. The van der Waals surface area contributed by atoms with Crippen LogP contribution in [0.3, 0.4) is 0 Å². The normalized spacial score (nSPS) is 31.3. The number of alkyl carbamates (subject to hydrolysis) is 1. The third kappa shape index (κ3) is 8.47. The standard InChI is InChI=1S/C34H48ClN3O9/c1-20-11-10-12-26(44-6)34(42)19-25(45-32(41)37-34)21(2)31-33(3,47-31)27(46-29(40)13-8-7-9-14-36)18-28(39)38(4)23-16-22(15-20)17-24(43-5)30(23)35/h10-12,16-17,21,25-27,31,42H,7-9,13-15,18-19,36H2,1-6H3,(H,37,41). The Kier molecular flexibility index (Phi) is 12.0. The van der Waals surface area contributed by atoms with E-state index in [1.54, 1.807) is 26.1 Å². The van der Waals surface area contributed by atoms with Crippen LogP contribution >= 0.6 is 11.6 Å². The van der Waals surface area contributed by atoms with Crippen molar-refractivity contribution < 1.29 is 43.2 Å². The number of anilines is 1. The highest BCUT2D eigenvalue weighted by Gasteiger charge is 2.64. The van der Waals surface area contributed by atoms with Gasteiger partial charge in [-0.25, -0.2) is 4.79 Å². The lowest BCUT2D eigenvalue weighted by molar-refractivity contribution is -0.154. The van der Waals surface area contributed by atoms with Gasteiger partial charge in [-0.2, -0.15) is 0 Å². The van der Waals surface area contributed by atoms with E-state index < -0.39 is 53.7 Å². The van der Waals surface area contributed by atoms with Gasteiger partial charge in [-0.3, -0.25) is 14.9 Å². The summed E-state index contributed by atoms with van der Waals surface area (Å²) >= 11 is 6.72. The number of epoxide rings is 1. The number of nitrogens with two attached hydrogens (primary N) is 1. The first kappa shape index (κ1) is 36.7. The van der Waals surface area contributed by atoms with Crippen molar-refractivity contribution in [1.29, 1.82) is 0 Å². The molecule has 0 radical (unpaired) electrons. The zero-order valence-corrected chi connectivity index (χ0v) is 28.8. The number of aliphatic hydroxyl groups is 1. The molecule has 3 aliphatic rings. The van der Waals surface area contributed by atoms with Crippen LogP contribution < -0.4 is 20.7 Å². The summed E-state index contributed by atoms with van der Waals surface area (Å²) in [5.41, 5.74) is 4.98. The minimum atomic E-state index is -1.78. The van der Waals surface area contributed by atoms with Crippen molar-refractivity contribution >= 4 is 35.3 Å². The van der Waals surface area contributed by atoms with Crippen molar-refractivity contribution in [3.05, 3.63) is 46.5 Å². The monoisotopic (exact) mass is 677 g/mol. The molecule has 4 bridgehead atoms. The molecule has 4 N–H and O–H groups in total. The van der Waals surface area contributed by atoms with Crippen LogP contribution in [0.25, 0.3) is 0 Å². The predicted molar refractivity (Wildman–Crippen MR) is 176 cm³/mol. The molecule has 1 aromatic carbocycles. The van der Waals surface area contributed by atoms with E-state index in [2.05, 4.69) is 5.32 Å². The van der Waals surface area contributed by atoms with E-state index in [9.17, 15) is 19.5 Å². The Labute approximate surface area is 281 Å². The van der Waals surface area contributed by atoms with Crippen LogP contribution in [0.4, 0.5) is 10.5 Å². The predicted octanol–water partition coefficient (Wildman–Crippen LogP) is 4.19. The molecule has 12 nitrogen and oxygen atoms in total. The molecule has 0 aromatic heterocycles. The number of rotatable bonds is 8. The van der Waals surface area contributed by atoms with Gasteiger partial charge in [-0.15, -0.1) is 0 Å². The Balaban J connectivity index is 1.74. The lowest BCUT2D eigenvalue weighted by atomic mass is 9.83. The average Bonchev–Trinajstić information content (AvgIpc) is 3.72. The molecule has 3 heterocycles. The molecule has 0 spiro atoms. The van der Waals surface area contributed by atoms with E-state index >= 15 is 0 Å². The summed E-state index contributed by atoms with van der Waals surface area (Å²) in [5, 5.41) is 14.4. The van der Waals surface area contributed by atoms with Gasteiger partial charge in [0.2, 0.25) is 5.91 Å². The Bertz CT molecular complexity index is 1390. The maximum Gasteiger partial charge on any atom is 0.409 e. The van der Waals surface area contributed by atoms with Crippen LogP contribution in [0.5, 0.6) is 5.75 Å². The van der Waals surface area contributed by atoms with Crippen LogP contribution in [-0.4, -0.2) is 86.6 Å². The highest BCUT2D eigenvalue weighted by atomic mass is 35.5. The lowest BCUT2D eigenvalue weighted by Crippen LogP contribution is -2.63. The second-order valence-corrected chi connectivity index (χ2v) is 13.3. The summed E-state index contributed by atoms with van der Waals surface area (Å²) in [4.78, 5) is 41.1. The van der Waals surface area contributed by atoms with Crippen LogP contribution in [0.15, 0.2) is 35.9 Å². The molecule has 13 heteroatoms. The third-order valence-electron chi connectivity index (χ3n) is 9.31. The van der Waals surface area contributed by atoms with Crippen molar-refractivity contribution in [2.75, 3.05) is 32.7 Å². The van der Waals surface area contributed by atoms with Gasteiger partial charge in [0.25, 0.3) is 0 Å². The number of carbonyl (C=O) groups is 3. The number of unbranched alkanes of at least 4 members (excludes halogenated alkanes) is 2. The van der Waals surface area contributed by atoms with Gasteiger partial charge in [0.1, 0.15) is 34.7 Å². The molecular formula is C34H48ClN3O9. The molecule has 47 heavy (non-hydrogen) atoms. The van der Waals surface area contributed by atoms with Gasteiger partial charge >= 0.3 is 12.1 Å². The Morgan fingerprint density at radius 1 is 1.23 bits per heavy atom. The lowest BCUT2D eigenvalue weighted by Gasteiger charge is -2.42. The quantitative estimate of drug-likeness (QED) is 0.207. The summed E-state index contributed by atoms with van der Waals surface area (Å²) in [5.74, 6) is -0.846. The maximum absolute atomic E-state index is 13.9. The summed E-state index contributed by atoms with van der Waals surface area (Å²) in [6.07, 6.45) is 3.94. The number of carbonyl (C=O) groups excluding carboxylic acids is 3. The fourth-order valence-corrected chi connectivity index (χ4v) is 6.73. The van der Waals surface area contributed by atoms with E-state index in [1.807, 2.05) is 32.1 Å². The van der Waals surface area contributed by atoms with Crippen molar-refractivity contribution in [3.8, 4) is 5.75 Å². The van der Waals surface area contributed by atoms with E-state index in [0.717, 1.165) is 24.0 Å². The smallest absolute Gasteiger partial charge is 0.409 e. The second-order valence-electron chi connectivity index (χ2n) is 12.9. The molecule has 2 fully saturated rings. The van der Waals surface area contributed by atoms with Gasteiger partial charge < -0.3 is 39.4 Å². The van der Waals surface area contributed by atoms with Crippen LogP contribution in [0.1, 0.15) is 64.9 Å². The second kappa shape index (κ2) is 15.4. The van der Waals surface area contributed by atoms with E-state index in [0.29, 0.717) is 30.8 Å². The van der Waals surface area contributed by atoms with Crippen LogP contribution in [-0.2, 0) is 35.0 Å². The van der Waals surface area contributed by atoms with Gasteiger partial charge in [0, 0.05) is 32.9 Å². The Hall–Kier alpha value is -3.16. The molecule has 0 saturated carbocycles. The number of hydrogen-bond donors (Lipinski definition) is 3. The van der Waals surface area contributed by atoms with Crippen LogP contribution in [0.2, 0.25) is 5.02 Å². The van der Waals surface area contributed by atoms with E-state index in [1.165, 1.54) is 19.1 Å². The molecule has 0 aliphatic carbocycles. The molecule has 2 saturated heterocycles. The van der Waals surface area contributed by atoms with Gasteiger partial charge in [-0.05, 0) is 57.4 Å². The molecule has 7 unspecified atom stereocenters. The zero-order chi connectivity index (χ0) is 34.5. The summed E-state index contributed by atoms with van der Waals surface area (Å²) in [6, 6.07) is 3.64. The number of hydrogen-bond acceptors (Lipinski definition) is 10. The first-order valence-corrected chi connectivity index (χ1v) is 16.4. The van der Waals surface area contributed by atoms with E-state index in [-0.39, 0.29) is 30.2 Å². The number of nitrogens with one attached hydrogen (secondary N) is 1. The largest absolute Gasteiger partial charge is 0.495 e. The molecule has 260 valence electrons. The fourth-order valence-electron chi connectivity index (χ4n) is 6.41. The number of esters is 1. The Morgan fingerprint density at radius 2 is 1.98 bits per heavy atom. The van der Waals surface area contributed by atoms with Crippen molar-refractivity contribution in [3.63, 3.8) is 0 Å². The summed E-state index contributed by atoms with van der Waals surface area (Å²) < 4.78 is 29.0. The van der Waals surface area contributed by atoms with Crippen molar-refractivity contribution in [2.45, 2.75) is 101 Å². The number of amides is 2. The number of fused-ring (bicyclic) bond motifs is 5. The van der Waals surface area contributed by atoms with Crippen molar-refractivity contribution in [1.82, 2.24) is 5.32 Å². The number of nitrogens with zero attached hydrogens (tertiary/aromatic N) is 1. The molecule has 1 aromatic rings. The molecule has 4 rings (SSSR count). The first-order valence-electron chi connectivity index (χ1n) is 16.0. The topological polar surface area (TPSA) is 162 Å². The average molecular weight is 678 g/mol. The maximum atomic E-state index is 13.9. The Morgan fingerprint density at radius 3 is 2.66 bits per heavy atom. The van der Waals surface area contributed by atoms with Gasteiger partial charge in [0.15, 0.2) is 5.72 Å². The highest BCUT2D eigenvalue weighted by molar-refractivity contribution is 6.35. The number of ether oxygens (including phenoxy) is 5. The molecule has 7 atom stereocenters. The first-order chi connectivity index (χ1) is 22.3. The molecule has 3 aliphatic heterocycles. The number of allylic oxidation sites excluding steroid dienone is 3. The molecular weight excluding hydrogens is 630 g/mol. The minimum absolute atomic E-state index is 0.00121. The van der Waals surface area contributed by atoms with Crippen LogP contribution in [0, 0.1) is 5.92 Å². The summed E-state index contributed by atoms with van der Waals surface area (Å²) in [7, 11) is 4.57. The summed E-state index contributed by atoms with van der Waals surface area (Å²) in [6.45, 7) is 6.08. The van der Waals surface area contributed by atoms with Gasteiger partial charge in [-0.1, -0.05) is 48.7 Å². The minimum Gasteiger partial charge on any atom is -0.495 e.